The van der Waals surface area contributed by atoms with E-state index in [-0.39, 0.29) is 5.84 Å². The molecule has 4 rings (SSSR count). The molecule has 134 valence electrons. The molecule has 0 amide bonds. The Morgan fingerprint density at radius 1 is 1.00 bits per heavy atom. The van der Waals surface area contributed by atoms with Gasteiger partial charge in [-0.3, -0.25) is 0 Å². The van der Waals surface area contributed by atoms with Crippen LogP contribution in [0.2, 0.25) is 0 Å². The van der Waals surface area contributed by atoms with Gasteiger partial charge in [0.2, 0.25) is 0 Å². The number of nitrogens with zero attached hydrogens (tertiary/aromatic N) is 3. The van der Waals surface area contributed by atoms with Crippen LogP contribution >= 0.6 is 0 Å². The van der Waals surface area contributed by atoms with Crippen molar-refractivity contribution < 1.29 is 10.4 Å². The maximum atomic E-state index is 10.5. The summed E-state index contributed by atoms with van der Waals surface area (Å²) in [6.45, 7) is 1.97. The number of benzene rings is 3. The Balaban J connectivity index is 1.80. The van der Waals surface area contributed by atoms with Crippen LogP contribution in [0.1, 0.15) is 11.1 Å². The summed E-state index contributed by atoms with van der Waals surface area (Å²) in [4.78, 5) is 4.54. The number of nitrogens with two attached hydrogens (primary N) is 1. The number of aryl methyl sites for hydroxylation is 1. The molecule has 0 radical (unpaired) electrons. The molecular weight excluding hydrogens is 340 g/mol. The van der Waals surface area contributed by atoms with Gasteiger partial charge in [0.25, 0.3) is 0 Å². The van der Waals surface area contributed by atoms with E-state index in [1.54, 1.807) is 0 Å². The van der Waals surface area contributed by atoms with Crippen molar-refractivity contribution in [2.75, 3.05) is 0 Å². The Labute approximate surface area is 155 Å². The number of oxime groups is 1. The van der Waals surface area contributed by atoms with Gasteiger partial charge in [0.15, 0.2) is 11.7 Å². The van der Waals surface area contributed by atoms with Gasteiger partial charge in [0, 0.05) is 11.1 Å². The molecule has 0 aliphatic rings. The first-order valence-electron chi connectivity index (χ1n) is 8.44. The summed E-state index contributed by atoms with van der Waals surface area (Å²) < 4.78 is 1.11. The zero-order chi connectivity index (χ0) is 19.0. The second-order valence-electron chi connectivity index (χ2n) is 6.33. The number of hydrogen-bond acceptors (Lipinski definition) is 4. The van der Waals surface area contributed by atoms with Gasteiger partial charge in [-0.25, -0.2) is 4.98 Å². The molecular formula is C21H18N4O2. The van der Waals surface area contributed by atoms with Crippen LogP contribution in [0.5, 0.6) is 0 Å². The lowest BCUT2D eigenvalue weighted by molar-refractivity contribution is 0.203. The quantitative estimate of drug-likeness (QED) is 0.169. The topological polar surface area (TPSA) is 96.7 Å². The highest BCUT2D eigenvalue weighted by atomic mass is 16.5. The average Bonchev–Trinajstić information content (AvgIpc) is 3.04. The maximum Gasteiger partial charge on any atom is 0.176 e. The fourth-order valence-corrected chi connectivity index (χ4v) is 3.23. The molecule has 6 heteroatoms. The molecule has 3 aromatic carbocycles. The van der Waals surface area contributed by atoms with Crippen LogP contribution in [-0.4, -0.2) is 26.0 Å². The van der Waals surface area contributed by atoms with Gasteiger partial charge in [-0.1, -0.05) is 47.6 Å². The molecule has 0 unspecified atom stereocenters. The van der Waals surface area contributed by atoms with E-state index in [1.807, 2.05) is 73.7 Å². The van der Waals surface area contributed by atoms with Crippen molar-refractivity contribution in [3.63, 3.8) is 0 Å². The van der Waals surface area contributed by atoms with Gasteiger partial charge in [-0.2, -0.15) is 4.73 Å². The van der Waals surface area contributed by atoms with E-state index in [0.717, 1.165) is 32.5 Å². The summed E-state index contributed by atoms with van der Waals surface area (Å²) in [6.07, 6.45) is 0. The van der Waals surface area contributed by atoms with Crippen LogP contribution in [0.4, 0.5) is 0 Å². The van der Waals surface area contributed by atoms with E-state index in [1.165, 1.54) is 0 Å². The number of para-hydroxylation sites is 2. The molecule has 1 aromatic heterocycles. The molecule has 0 fully saturated rings. The minimum atomic E-state index is 0.0763. The van der Waals surface area contributed by atoms with Crippen molar-refractivity contribution in [3.8, 4) is 22.5 Å². The molecule has 6 nitrogen and oxygen atoms in total. The standard InChI is InChI=1S/C21H18N4O2/c1-13-11-15(20(22)24-26)9-10-17(13)14-5-4-6-16(12-14)21-23-18-7-2-3-8-19(18)25(21)27/h2-12,26-27H,1H3,(H2,22,24). The molecule has 0 aliphatic heterocycles. The predicted molar refractivity (Wildman–Crippen MR) is 105 cm³/mol. The Morgan fingerprint density at radius 2 is 1.78 bits per heavy atom. The SMILES string of the molecule is Cc1cc(/C(N)=N/O)ccc1-c1cccc(-c2nc3ccccc3n2O)c1. The lowest BCUT2D eigenvalue weighted by atomic mass is 9.96. The number of fused-ring (bicyclic) bond motifs is 1. The predicted octanol–water partition coefficient (Wildman–Crippen LogP) is 4.01. The summed E-state index contributed by atoms with van der Waals surface area (Å²) in [5.41, 5.74) is 11.5. The van der Waals surface area contributed by atoms with Crippen LogP contribution in [-0.2, 0) is 0 Å². The molecule has 0 saturated heterocycles. The fourth-order valence-electron chi connectivity index (χ4n) is 3.23. The molecule has 0 aliphatic carbocycles. The monoisotopic (exact) mass is 358 g/mol. The Hall–Kier alpha value is -3.80. The second kappa shape index (κ2) is 6.49. The third-order valence-electron chi connectivity index (χ3n) is 4.60. The van der Waals surface area contributed by atoms with Gasteiger partial charge in [-0.15, -0.1) is 0 Å². The fraction of sp³-hybridized carbons (Fsp3) is 0.0476. The Morgan fingerprint density at radius 3 is 2.52 bits per heavy atom. The van der Waals surface area contributed by atoms with Crippen LogP contribution in [0.25, 0.3) is 33.5 Å². The van der Waals surface area contributed by atoms with Crippen molar-refractivity contribution in [1.29, 1.82) is 0 Å². The normalized spacial score (nSPS) is 11.8. The zero-order valence-corrected chi connectivity index (χ0v) is 14.7. The van der Waals surface area contributed by atoms with Crippen LogP contribution < -0.4 is 5.73 Å². The van der Waals surface area contributed by atoms with Gasteiger partial charge in [-0.05, 0) is 47.9 Å². The number of imidazole rings is 1. The highest BCUT2D eigenvalue weighted by molar-refractivity contribution is 5.97. The number of hydrogen-bond donors (Lipinski definition) is 3. The summed E-state index contributed by atoms with van der Waals surface area (Å²) in [6, 6.07) is 20.9. The van der Waals surface area contributed by atoms with E-state index in [0.29, 0.717) is 16.9 Å². The molecule has 4 N–H and O–H groups in total. The van der Waals surface area contributed by atoms with E-state index >= 15 is 0 Å². The Kier molecular flexibility index (Phi) is 4.01. The van der Waals surface area contributed by atoms with Crippen molar-refractivity contribution in [3.05, 3.63) is 77.9 Å². The average molecular weight is 358 g/mol. The third kappa shape index (κ3) is 2.87. The van der Waals surface area contributed by atoms with Gasteiger partial charge in [0.1, 0.15) is 5.52 Å². The third-order valence-corrected chi connectivity index (χ3v) is 4.60. The van der Waals surface area contributed by atoms with Crippen molar-refractivity contribution in [2.45, 2.75) is 6.92 Å². The largest absolute Gasteiger partial charge is 0.426 e. The highest BCUT2D eigenvalue weighted by Gasteiger charge is 2.13. The molecule has 0 saturated carbocycles. The molecule has 1 heterocycles. The second-order valence-corrected chi connectivity index (χ2v) is 6.33. The summed E-state index contributed by atoms with van der Waals surface area (Å²) >= 11 is 0. The van der Waals surface area contributed by atoms with E-state index in [2.05, 4.69) is 10.1 Å². The van der Waals surface area contributed by atoms with E-state index < -0.39 is 0 Å². The first kappa shape index (κ1) is 16.7. The van der Waals surface area contributed by atoms with Crippen molar-refractivity contribution in [2.24, 2.45) is 10.9 Å². The minimum absolute atomic E-state index is 0.0763. The number of aromatic nitrogens is 2. The summed E-state index contributed by atoms with van der Waals surface area (Å²) in [7, 11) is 0. The van der Waals surface area contributed by atoms with Gasteiger partial charge < -0.3 is 16.1 Å². The van der Waals surface area contributed by atoms with Gasteiger partial charge >= 0.3 is 0 Å². The minimum Gasteiger partial charge on any atom is -0.426 e. The molecule has 0 spiro atoms. The lowest BCUT2D eigenvalue weighted by Gasteiger charge is -2.10. The van der Waals surface area contributed by atoms with E-state index in [9.17, 15) is 5.21 Å². The molecule has 0 atom stereocenters. The van der Waals surface area contributed by atoms with Crippen molar-refractivity contribution >= 4 is 16.9 Å². The smallest absolute Gasteiger partial charge is 0.176 e. The summed E-state index contributed by atoms with van der Waals surface area (Å²) in [5.74, 6) is 0.566. The lowest BCUT2D eigenvalue weighted by Crippen LogP contribution is -2.13. The van der Waals surface area contributed by atoms with Crippen LogP contribution in [0, 0.1) is 6.92 Å². The zero-order valence-electron chi connectivity index (χ0n) is 14.7. The highest BCUT2D eigenvalue weighted by Crippen LogP contribution is 2.30. The van der Waals surface area contributed by atoms with Crippen LogP contribution in [0.3, 0.4) is 0 Å². The van der Waals surface area contributed by atoms with Gasteiger partial charge in [0.05, 0.1) is 5.52 Å². The number of amidine groups is 1. The first-order chi connectivity index (χ1) is 13.1. The summed E-state index contributed by atoms with van der Waals surface area (Å²) in [5, 5.41) is 22.4. The molecule has 4 aromatic rings. The molecule has 27 heavy (non-hydrogen) atoms. The first-order valence-corrected chi connectivity index (χ1v) is 8.44. The van der Waals surface area contributed by atoms with Crippen molar-refractivity contribution in [1.82, 2.24) is 9.71 Å². The maximum absolute atomic E-state index is 10.5. The van der Waals surface area contributed by atoms with Crippen LogP contribution in [0.15, 0.2) is 71.9 Å². The Bertz CT molecular complexity index is 1180. The number of rotatable bonds is 3. The molecule has 0 bridgehead atoms. The van der Waals surface area contributed by atoms with E-state index in [4.69, 9.17) is 10.9 Å².